The second-order valence-electron chi connectivity index (χ2n) is 7.55. The van der Waals surface area contributed by atoms with Crippen molar-refractivity contribution in [2.75, 3.05) is 0 Å². The van der Waals surface area contributed by atoms with Crippen LogP contribution in [0.1, 0.15) is 43.1 Å². The number of carboxylic acids is 1. The molecule has 7 heteroatoms. The first-order chi connectivity index (χ1) is 14.3. The number of aliphatic hydroxyl groups excluding tert-OH is 1. The predicted molar refractivity (Wildman–Crippen MR) is 113 cm³/mol. The van der Waals surface area contributed by atoms with E-state index in [9.17, 15) is 23.5 Å². The summed E-state index contributed by atoms with van der Waals surface area (Å²) in [6.07, 6.45) is 5.45. The number of rotatable bonds is 9. The molecule has 1 aromatic heterocycles. The zero-order chi connectivity index (χ0) is 21.7. The van der Waals surface area contributed by atoms with Gasteiger partial charge in [-0.15, -0.1) is 11.3 Å². The van der Waals surface area contributed by atoms with Crippen molar-refractivity contribution in [3.63, 3.8) is 0 Å². The Morgan fingerprint density at radius 3 is 2.80 bits per heavy atom. The fraction of sp³-hybridized carbons (Fsp3) is 0.391. The van der Waals surface area contributed by atoms with Crippen molar-refractivity contribution in [1.29, 1.82) is 0 Å². The van der Waals surface area contributed by atoms with Crippen LogP contribution in [0, 0.1) is 11.8 Å². The highest BCUT2D eigenvalue weighted by Crippen LogP contribution is 2.45. The highest BCUT2D eigenvalue weighted by molar-refractivity contribution is 7.19. The number of unbranched alkanes of at least 4 members (excludes halogenated alkanes) is 1. The van der Waals surface area contributed by atoms with Gasteiger partial charge in [-0.25, -0.2) is 8.78 Å². The molecule has 0 bridgehead atoms. The predicted octanol–water partition coefficient (Wildman–Crippen LogP) is 5.53. The molecule has 2 aromatic rings. The number of allylic oxidation sites excluding steroid dienone is 3. The second-order valence-corrected chi connectivity index (χ2v) is 8.66. The van der Waals surface area contributed by atoms with Crippen molar-refractivity contribution >= 4 is 33.2 Å². The van der Waals surface area contributed by atoms with E-state index in [0.717, 1.165) is 10.1 Å². The van der Waals surface area contributed by atoms with Crippen molar-refractivity contribution in [3.8, 4) is 0 Å². The van der Waals surface area contributed by atoms with E-state index in [1.807, 2.05) is 30.3 Å². The van der Waals surface area contributed by atoms with E-state index in [-0.39, 0.29) is 12.8 Å². The zero-order valence-electron chi connectivity index (χ0n) is 16.3. The van der Waals surface area contributed by atoms with Crippen LogP contribution in [0.25, 0.3) is 10.1 Å². The lowest BCUT2D eigenvalue weighted by Gasteiger charge is -2.19. The van der Waals surface area contributed by atoms with Gasteiger partial charge in [0.25, 0.3) is 5.92 Å². The number of Topliss-reactive ketones (excluding diaryl/α,β-unsaturated/α-hetero) is 1. The number of benzene rings is 1. The average Bonchev–Trinajstić information content (AvgIpc) is 3.20. The molecule has 1 aliphatic carbocycles. The summed E-state index contributed by atoms with van der Waals surface area (Å²) in [5.41, 5.74) is 0. The summed E-state index contributed by atoms with van der Waals surface area (Å²) in [7, 11) is 0. The Morgan fingerprint density at radius 1 is 1.30 bits per heavy atom. The fourth-order valence-corrected chi connectivity index (χ4v) is 4.76. The normalized spacial score (nSPS) is 22.4. The molecule has 1 fully saturated rings. The quantitative estimate of drug-likeness (QED) is 0.402. The third-order valence-electron chi connectivity index (χ3n) is 5.30. The van der Waals surface area contributed by atoms with E-state index in [0.29, 0.717) is 17.7 Å². The van der Waals surface area contributed by atoms with Crippen molar-refractivity contribution in [1.82, 2.24) is 0 Å². The molecule has 1 saturated carbocycles. The average molecular weight is 435 g/mol. The maximum atomic E-state index is 14.4. The van der Waals surface area contributed by atoms with Crippen molar-refractivity contribution in [3.05, 3.63) is 59.5 Å². The summed E-state index contributed by atoms with van der Waals surface area (Å²) >= 11 is 1.40. The Kier molecular flexibility index (Phi) is 7.15. The maximum absolute atomic E-state index is 14.4. The summed E-state index contributed by atoms with van der Waals surface area (Å²) in [4.78, 5) is 23.3. The molecule has 0 saturated heterocycles. The maximum Gasteiger partial charge on any atom is 0.303 e. The van der Waals surface area contributed by atoms with E-state index in [4.69, 9.17) is 5.11 Å². The largest absolute Gasteiger partial charge is 0.481 e. The van der Waals surface area contributed by atoms with Gasteiger partial charge in [0, 0.05) is 21.9 Å². The number of carboxylic acid groups (broad SMARTS) is 1. The van der Waals surface area contributed by atoms with Gasteiger partial charge >= 0.3 is 5.97 Å². The molecular formula is C23H24F2O4S. The molecule has 0 amide bonds. The molecule has 4 nitrogen and oxygen atoms in total. The number of fused-ring (bicyclic) bond motifs is 1. The van der Waals surface area contributed by atoms with E-state index in [1.165, 1.54) is 23.5 Å². The Balaban J connectivity index is 1.66. The standard InChI is InChI=1S/C23H24F2O4S/c24-23(25)14-19(27)16(8-3-1-2-4-10-22(28)29)17(23)11-12-18(26)21-13-15-7-5-6-9-20(15)30-21/h1,3,5-7,9,11-13,16-18,26H,2,4,8,10,14H2,(H,28,29)/t16-,17-,18?/m1/s1. The molecule has 1 unspecified atom stereocenters. The van der Waals surface area contributed by atoms with Crippen LogP contribution in [0.2, 0.25) is 0 Å². The minimum atomic E-state index is -3.14. The van der Waals surface area contributed by atoms with Gasteiger partial charge in [-0.05, 0) is 36.8 Å². The molecule has 0 radical (unpaired) electrons. The molecule has 0 aliphatic heterocycles. The molecule has 3 rings (SSSR count). The smallest absolute Gasteiger partial charge is 0.303 e. The summed E-state index contributed by atoms with van der Waals surface area (Å²) in [6, 6.07) is 9.49. The Morgan fingerprint density at radius 2 is 2.07 bits per heavy atom. The fourth-order valence-electron chi connectivity index (χ4n) is 3.73. The second kappa shape index (κ2) is 9.62. The number of hydrogen-bond acceptors (Lipinski definition) is 4. The third kappa shape index (κ3) is 5.40. The Bertz CT molecular complexity index is 930. The highest BCUT2D eigenvalue weighted by Gasteiger charge is 2.53. The first kappa shape index (κ1) is 22.3. The number of carbonyl (C=O) groups is 2. The summed E-state index contributed by atoms with van der Waals surface area (Å²) in [5, 5.41) is 20.1. The monoisotopic (exact) mass is 434 g/mol. The molecule has 3 atom stereocenters. The van der Waals surface area contributed by atoms with Gasteiger partial charge in [-0.3, -0.25) is 9.59 Å². The number of aliphatic carboxylic acids is 1. The van der Waals surface area contributed by atoms with E-state index < -0.39 is 42.0 Å². The van der Waals surface area contributed by atoms with Crippen molar-refractivity contribution < 1.29 is 28.6 Å². The number of halogens is 2. The zero-order valence-corrected chi connectivity index (χ0v) is 17.2. The number of ketones is 1. The van der Waals surface area contributed by atoms with E-state index in [2.05, 4.69) is 0 Å². The number of thiophene rings is 1. The minimum absolute atomic E-state index is 0.0474. The van der Waals surface area contributed by atoms with Gasteiger partial charge in [0.05, 0.1) is 12.3 Å². The molecule has 160 valence electrons. The lowest BCUT2D eigenvalue weighted by molar-refractivity contribution is -0.137. The van der Waals surface area contributed by atoms with Crippen molar-refractivity contribution in [2.45, 2.75) is 44.1 Å². The highest BCUT2D eigenvalue weighted by atomic mass is 32.1. The topological polar surface area (TPSA) is 74.6 Å². The van der Waals surface area contributed by atoms with Gasteiger partial charge in [0.1, 0.15) is 11.9 Å². The summed E-state index contributed by atoms with van der Waals surface area (Å²) in [6.45, 7) is 0. The van der Waals surface area contributed by atoms with Crippen LogP contribution in [-0.2, 0) is 9.59 Å². The molecule has 2 N–H and O–H groups in total. The van der Waals surface area contributed by atoms with Gasteiger partial charge in [0.15, 0.2) is 0 Å². The van der Waals surface area contributed by atoms with Gasteiger partial charge in [-0.1, -0.05) is 42.5 Å². The van der Waals surface area contributed by atoms with Gasteiger partial charge in [0.2, 0.25) is 0 Å². The molecule has 30 heavy (non-hydrogen) atoms. The van der Waals surface area contributed by atoms with Crippen LogP contribution < -0.4 is 0 Å². The number of aliphatic hydroxyl groups is 1. The van der Waals surface area contributed by atoms with Crippen LogP contribution in [0.5, 0.6) is 0 Å². The Labute approximate surface area is 177 Å². The molecule has 0 spiro atoms. The molecule has 1 aliphatic rings. The van der Waals surface area contributed by atoms with Crippen LogP contribution in [-0.4, -0.2) is 27.9 Å². The number of hydrogen-bond donors (Lipinski definition) is 2. The minimum Gasteiger partial charge on any atom is -0.481 e. The third-order valence-corrected chi connectivity index (χ3v) is 6.49. The Hall–Kier alpha value is -2.38. The number of carbonyl (C=O) groups excluding carboxylic acids is 1. The van der Waals surface area contributed by atoms with Gasteiger partial charge in [-0.2, -0.15) is 0 Å². The van der Waals surface area contributed by atoms with E-state index >= 15 is 0 Å². The first-order valence-electron chi connectivity index (χ1n) is 9.90. The molecule has 1 heterocycles. The van der Waals surface area contributed by atoms with Crippen LogP contribution in [0.4, 0.5) is 8.78 Å². The molecule has 1 aromatic carbocycles. The lowest BCUT2D eigenvalue weighted by Crippen LogP contribution is -2.24. The van der Waals surface area contributed by atoms with Gasteiger partial charge < -0.3 is 10.2 Å². The lowest BCUT2D eigenvalue weighted by atomic mass is 9.90. The SMILES string of the molecule is O=C(O)CCCC=CC[C@H]1C(=O)CC(F)(F)[C@@H]1C=CC(O)c1cc2ccccc2s1. The first-order valence-corrected chi connectivity index (χ1v) is 10.7. The molecular weight excluding hydrogens is 410 g/mol. The van der Waals surface area contributed by atoms with Crippen LogP contribution in [0.15, 0.2) is 54.6 Å². The summed E-state index contributed by atoms with van der Waals surface area (Å²) < 4.78 is 29.8. The van der Waals surface area contributed by atoms with Crippen LogP contribution >= 0.6 is 11.3 Å². The van der Waals surface area contributed by atoms with Crippen LogP contribution in [0.3, 0.4) is 0 Å². The van der Waals surface area contributed by atoms with Crippen molar-refractivity contribution in [2.24, 2.45) is 11.8 Å². The summed E-state index contributed by atoms with van der Waals surface area (Å²) in [5.74, 6) is -6.62. The number of alkyl halides is 2. The van der Waals surface area contributed by atoms with E-state index in [1.54, 1.807) is 12.2 Å².